The number of aromatic nitrogens is 1. The number of benzene rings is 3. The molecule has 4 aromatic rings. The first kappa shape index (κ1) is 29.2. The number of thiazole rings is 1. The third kappa shape index (κ3) is 5.74. The van der Waals surface area contributed by atoms with Gasteiger partial charge in [-0.05, 0) is 60.2 Å². The molecule has 1 saturated heterocycles. The number of carbonyl (C=O) groups excluding carboxylic acids is 3. The number of amides is 3. The molecule has 1 aromatic heterocycles. The Morgan fingerprint density at radius 1 is 1.00 bits per heavy atom. The minimum Gasteiger partial charge on any atom is -0.484 e. The molecule has 43 heavy (non-hydrogen) atoms. The van der Waals surface area contributed by atoms with Crippen LogP contribution in [0.3, 0.4) is 0 Å². The molecule has 3 atom stereocenters. The fourth-order valence-corrected chi connectivity index (χ4v) is 7.89. The normalized spacial score (nSPS) is 19.6. The van der Waals surface area contributed by atoms with Crippen molar-refractivity contribution in [3.63, 3.8) is 0 Å². The van der Waals surface area contributed by atoms with Crippen LogP contribution in [-0.4, -0.2) is 34.6 Å². The van der Waals surface area contributed by atoms with Gasteiger partial charge in [0.15, 0.2) is 6.61 Å². The molecule has 0 spiro atoms. The Balaban J connectivity index is 1.21. The van der Waals surface area contributed by atoms with E-state index in [2.05, 4.69) is 26.2 Å². The molecule has 3 aromatic carbocycles. The van der Waals surface area contributed by atoms with Gasteiger partial charge in [-0.2, -0.15) is 13.2 Å². The number of hydrogen-bond donors (Lipinski definition) is 2. The molecule has 2 N–H and O–H groups in total. The highest BCUT2D eigenvalue weighted by Gasteiger charge is 2.56. The molecule has 14 heteroatoms. The van der Waals surface area contributed by atoms with Crippen molar-refractivity contribution in [3.8, 4) is 5.75 Å². The average molecular weight is 691 g/mol. The molecular formula is C29H19BrF3N3O5S2. The van der Waals surface area contributed by atoms with Gasteiger partial charge in [0.1, 0.15) is 11.0 Å². The molecule has 0 radical (unpaired) electrons. The van der Waals surface area contributed by atoms with E-state index in [1.807, 2.05) is 0 Å². The van der Waals surface area contributed by atoms with Crippen LogP contribution in [0.2, 0.25) is 0 Å². The van der Waals surface area contributed by atoms with Crippen LogP contribution in [0, 0.1) is 5.92 Å². The summed E-state index contributed by atoms with van der Waals surface area (Å²) in [6, 6.07) is 17.7. The summed E-state index contributed by atoms with van der Waals surface area (Å²) in [7, 11) is 0. The van der Waals surface area contributed by atoms with E-state index in [0.717, 1.165) is 27.9 Å². The second-order valence-electron chi connectivity index (χ2n) is 9.72. The van der Waals surface area contributed by atoms with E-state index in [-0.39, 0.29) is 22.4 Å². The molecule has 8 nitrogen and oxygen atoms in total. The van der Waals surface area contributed by atoms with E-state index in [1.54, 1.807) is 48.5 Å². The van der Waals surface area contributed by atoms with Crippen molar-refractivity contribution < 1.29 is 32.3 Å². The standard InChI is InChI=1S/C29H19BrF3N3O5S2/c30-16-6-8-18(9-7-16)36-26(38)22-21(23-25(35-28(40)43-23)42-24(22)27(36)39)14-4-10-19(11-5-14)41-13-20(37)34-17-3-1-2-15(12-17)29(31,32)33/h1-12,21-22,24H,13H2,(H,34,37)(H,35,40). The predicted molar refractivity (Wildman–Crippen MR) is 159 cm³/mol. The first-order valence-electron chi connectivity index (χ1n) is 12.7. The second kappa shape index (κ2) is 11.3. The smallest absolute Gasteiger partial charge is 0.416 e. The van der Waals surface area contributed by atoms with Crippen molar-refractivity contribution in [1.82, 2.24) is 4.98 Å². The number of halogens is 4. The van der Waals surface area contributed by atoms with Crippen LogP contribution in [0.4, 0.5) is 24.5 Å². The van der Waals surface area contributed by atoms with Crippen LogP contribution in [0.5, 0.6) is 5.75 Å². The third-order valence-electron chi connectivity index (χ3n) is 6.99. The van der Waals surface area contributed by atoms with Gasteiger partial charge < -0.3 is 15.0 Å². The van der Waals surface area contributed by atoms with Crippen molar-refractivity contribution in [3.05, 3.63) is 103 Å². The Morgan fingerprint density at radius 3 is 2.42 bits per heavy atom. The van der Waals surface area contributed by atoms with E-state index in [4.69, 9.17) is 4.74 Å². The molecule has 220 valence electrons. The highest BCUT2D eigenvalue weighted by atomic mass is 79.9. The van der Waals surface area contributed by atoms with Crippen molar-refractivity contribution >= 4 is 68.1 Å². The molecule has 6 rings (SSSR count). The predicted octanol–water partition coefficient (Wildman–Crippen LogP) is 6.03. The lowest BCUT2D eigenvalue weighted by Crippen LogP contribution is -2.32. The van der Waals surface area contributed by atoms with Gasteiger partial charge in [0.25, 0.3) is 5.91 Å². The number of imide groups is 1. The number of alkyl halides is 3. The Hall–Kier alpha value is -3.88. The Kier molecular flexibility index (Phi) is 7.69. The van der Waals surface area contributed by atoms with E-state index in [0.29, 0.717) is 26.9 Å². The van der Waals surface area contributed by atoms with Crippen LogP contribution in [0.1, 0.15) is 21.9 Å². The third-order valence-corrected chi connectivity index (χ3v) is 9.92. The van der Waals surface area contributed by atoms with Crippen LogP contribution in [0.15, 0.2) is 87.1 Å². The maximum Gasteiger partial charge on any atom is 0.416 e. The van der Waals surface area contributed by atoms with Gasteiger partial charge in [0, 0.05) is 21.0 Å². The summed E-state index contributed by atoms with van der Waals surface area (Å²) >= 11 is 5.53. The van der Waals surface area contributed by atoms with Crippen LogP contribution < -0.4 is 19.8 Å². The molecule has 3 heterocycles. The minimum absolute atomic E-state index is 0.0160. The number of ether oxygens (including phenoxy) is 1. The zero-order valence-electron chi connectivity index (χ0n) is 21.7. The first-order valence-corrected chi connectivity index (χ1v) is 15.2. The molecule has 0 bridgehead atoms. The van der Waals surface area contributed by atoms with Crippen molar-refractivity contribution in [2.24, 2.45) is 5.92 Å². The molecule has 0 aliphatic carbocycles. The van der Waals surface area contributed by atoms with Gasteiger partial charge >= 0.3 is 11.0 Å². The number of aromatic amines is 1. The monoisotopic (exact) mass is 689 g/mol. The molecule has 3 unspecified atom stereocenters. The first-order chi connectivity index (χ1) is 20.5. The fourth-order valence-electron chi connectivity index (χ4n) is 5.11. The number of nitrogens with one attached hydrogen (secondary N) is 2. The average Bonchev–Trinajstić information content (AvgIpc) is 3.46. The number of carbonyl (C=O) groups is 3. The summed E-state index contributed by atoms with van der Waals surface area (Å²) in [6.45, 7) is -0.459. The maximum atomic E-state index is 13.8. The molecular weight excluding hydrogens is 671 g/mol. The summed E-state index contributed by atoms with van der Waals surface area (Å²) in [5.74, 6) is -2.42. The lowest BCUT2D eigenvalue weighted by Gasteiger charge is -2.29. The number of nitrogens with zero attached hydrogens (tertiary/aromatic N) is 1. The van der Waals surface area contributed by atoms with Gasteiger partial charge in [-0.15, -0.1) is 0 Å². The number of fused-ring (bicyclic) bond motifs is 2. The van der Waals surface area contributed by atoms with Crippen molar-refractivity contribution in [1.29, 1.82) is 0 Å². The van der Waals surface area contributed by atoms with Gasteiger partial charge in [0.2, 0.25) is 11.8 Å². The van der Waals surface area contributed by atoms with E-state index >= 15 is 0 Å². The lowest BCUT2D eigenvalue weighted by atomic mass is 9.83. The van der Waals surface area contributed by atoms with Gasteiger partial charge in [-0.25, -0.2) is 4.90 Å². The summed E-state index contributed by atoms with van der Waals surface area (Å²) < 4.78 is 45.2. The van der Waals surface area contributed by atoms with Gasteiger partial charge in [-0.1, -0.05) is 57.2 Å². The summed E-state index contributed by atoms with van der Waals surface area (Å²) in [5.41, 5.74) is 0.225. The number of anilines is 2. The Morgan fingerprint density at radius 2 is 1.72 bits per heavy atom. The lowest BCUT2D eigenvalue weighted by molar-refractivity contribution is -0.137. The summed E-state index contributed by atoms with van der Waals surface area (Å²) in [6.07, 6.45) is -4.54. The van der Waals surface area contributed by atoms with E-state index < -0.39 is 41.3 Å². The van der Waals surface area contributed by atoms with Crippen molar-refractivity contribution in [2.45, 2.75) is 22.4 Å². The number of rotatable bonds is 6. The molecule has 0 saturated carbocycles. The summed E-state index contributed by atoms with van der Waals surface area (Å²) in [5, 5.41) is 2.19. The largest absolute Gasteiger partial charge is 0.484 e. The van der Waals surface area contributed by atoms with Crippen LogP contribution in [-0.2, 0) is 20.6 Å². The molecule has 1 fully saturated rings. The highest BCUT2D eigenvalue weighted by molar-refractivity contribution is 9.10. The zero-order valence-corrected chi connectivity index (χ0v) is 24.9. The van der Waals surface area contributed by atoms with Gasteiger partial charge in [0.05, 0.1) is 22.2 Å². The number of H-pyrrole nitrogens is 1. The van der Waals surface area contributed by atoms with Crippen LogP contribution in [0.25, 0.3) is 0 Å². The quantitative estimate of drug-likeness (QED) is 0.240. The molecule has 2 aliphatic rings. The summed E-state index contributed by atoms with van der Waals surface area (Å²) in [4.78, 5) is 56.2. The highest BCUT2D eigenvalue weighted by Crippen LogP contribution is 2.53. The second-order valence-corrected chi connectivity index (χ2v) is 12.8. The van der Waals surface area contributed by atoms with E-state index in [1.165, 1.54) is 28.8 Å². The van der Waals surface area contributed by atoms with E-state index in [9.17, 15) is 32.3 Å². The zero-order chi connectivity index (χ0) is 30.5. The topological polar surface area (TPSA) is 109 Å². The number of thioether (sulfide) groups is 1. The number of hydrogen-bond acceptors (Lipinski definition) is 7. The Bertz CT molecular complexity index is 1790. The molecule has 3 amide bonds. The maximum absolute atomic E-state index is 13.8. The fraction of sp³-hybridized carbons (Fsp3) is 0.172. The van der Waals surface area contributed by atoms with Gasteiger partial charge in [-0.3, -0.25) is 19.2 Å². The SMILES string of the molecule is O=C(COc1ccc(C2c3sc(=O)[nH]c3SC3C(=O)N(c4ccc(Br)cc4)C(=O)C32)cc1)Nc1cccc(C(F)(F)F)c1. The Labute approximate surface area is 258 Å². The van der Waals surface area contributed by atoms with Crippen molar-refractivity contribution in [2.75, 3.05) is 16.8 Å². The minimum atomic E-state index is -4.54. The molecule has 2 aliphatic heterocycles. The van der Waals surface area contributed by atoms with Crippen LogP contribution >= 0.6 is 39.0 Å².